The van der Waals surface area contributed by atoms with Crippen LogP contribution in [0.2, 0.25) is 10.0 Å². The van der Waals surface area contributed by atoms with Crippen molar-refractivity contribution < 1.29 is 0 Å². The summed E-state index contributed by atoms with van der Waals surface area (Å²) in [6.07, 6.45) is 0.724. The Morgan fingerprint density at radius 2 is 2.00 bits per heavy atom. The predicted octanol–water partition coefficient (Wildman–Crippen LogP) is 2.34. The molecule has 0 bridgehead atoms. The van der Waals surface area contributed by atoms with E-state index in [0.29, 0.717) is 16.6 Å². The molecule has 1 rings (SSSR count). The molecule has 4 N–H and O–H groups in total. The van der Waals surface area contributed by atoms with Gasteiger partial charge in [0.05, 0.1) is 0 Å². The maximum Gasteiger partial charge on any atom is 0.0468 e. The lowest BCUT2D eigenvalue weighted by molar-refractivity contribution is 0.661. The summed E-state index contributed by atoms with van der Waals surface area (Å²) >= 11 is 11.7. The largest absolute Gasteiger partial charge is 0.330 e. The van der Waals surface area contributed by atoms with Crippen molar-refractivity contribution in [2.24, 2.45) is 11.5 Å². The number of hydrogen-bond acceptors (Lipinski definition) is 2. The Morgan fingerprint density at radius 1 is 1.31 bits per heavy atom. The van der Waals surface area contributed by atoms with E-state index in [2.05, 4.69) is 0 Å². The van der Waals surface area contributed by atoms with Crippen molar-refractivity contribution >= 4 is 23.2 Å². The summed E-state index contributed by atoms with van der Waals surface area (Å²) in [6.45, 7) is 0.556. The van der Waals surface area contributed by atoms with Crippen molar-refractivity contribution in [3.8, 4) is 0 Å². The molecule has 0 aliphatic carbocycles. The van der Waals surface area contributed by atoms with Crippen LogP contribution in [-0.2, 0) is 0 Å². The highest BCUT2D eigenvalue weighted by Crippen LogP contribution is 2.26. The minimum absolute atomic E-state index is 0.102. The van der Waals surface area contributed by atoms with Crippen molar-refractivity contribution in [3.05, 3.63) is 33.8 Å². The normalized spacial score (nSPS) is 12.9. The molecule has 4 heteroatoms. The second-order valence-electron chi connectivity index (χ2n) is 2.85. The summed E-state index contributed by atoms with van der Waals surface area (Å²) in [5.41, 5.74) is 12.1. The van der Waals surface area contributed by atoms with E-state index in [9.17, 15) is 0 Å². The maximum absolute atomic E-state index is 5.95. The quantitative estimate of drug-likeness (QED) is 0.819. The van der Waals surface area contributed by atoms with Crippen LogP contribution in [0.25, 0.3) is 0 Å². The van der Waals surface area contributed by atoms with Gasteiger partial charge in [0.2, 0.25) is 0 Å². The van der Waals surface area contributed by atoms with Crippen LogP contribution in [0, 0.1) is 0 Å². The molecule has 1 unspecified atom stereocenters. The standard InChI is InChI=1S/C9H12Cl2N2/c10-6-1-2-7(8(11)5-6)9(13)3-4-12/h1-2,5,9H,3-4,12-13H2. The van der Waals surface area contributed by atoms with Gasteiger partial charge in [0, 0.05) is 16.1 Å². The van der Waals surface area contributed by atoms with Crippen molar-refractivity contribution in [2.75, 3.05) is 6.54 Å². The summed E-state index contributed by atoms with van der Waals surface area (Å²) in [6, 6.07) is 5.20. The van der Waals surface area contributed by atoms with Gasteiger partial charge >= 0.3 is 0 Å². The van der Waals surface area contributed by atoms with E-state index < -0.39 is 0 Å². The lowest BCUT2D eigenvalue weighted by atomic mass is 10.1. The van der Waals surface area contributed by atoms with Gasteiger partial charge in [-0.3, -0.25) is 0 Å². The van der Waals surface area contributed by atoms with Crippen LogP contribution in [-0.4, -0.2) is 6.54 Å². The van der Waals surface area contributed by atoms with Crippen molar-refractivity contribution in [1.82, 2.24) is 0 Å². The summed E-state index contributed by atoms with van der Waals surface area (Å²) in [7, 11) is 0. The molecule has 0 spiro atoms. The molecule has 0 amide bonds. The average molecular weight is 219 g/mol. The molecule has 1 aromatic carbocycles. The van der Waals surface area contributed by atoms with Crippen molar-refractivity contribution in [3.63, 3.8) is 0 Å². The van der Waals surface area contributed by atoms with Gasteiger partial charge in [-0.25, -0.2) is 0 Å². The van der Waals surface area contributed by atoms with E-state index in [1.165, 1.54) is 0 Å². The predicted molar refractivity (Wildman–Crippen MR) is 57.1 cm³/mol. The Bertz CT molecular complexity index is 289. The van der Waals surface area contributed by atoms with Crippen LogP contribution in [0.3, 0.4) is 0 Å². The maximum atomic E-state index is 5.95. The van der Waals surface area contributed by atoms with E-state index >= 15 is 0 Å². The van der Waals surface area contributed by atoms with Gasteiger partial charge in [-0.2, -0.15) is 0 Å². The first-order chi connectivity index (χ1) is 6.15. The molecule has 0 heterocycles. The molecule has 0 aliphatic heterocycles. The Kier molecular flexibility index (Phi) is 4.00. The van der Waals surface area contributed by atoms with Crippen molar-refractivity contribution in [1.29, 1.82) is 0 Å². The van der Waals surface area contributed by atoms with Gasteiger partial charge in [0.25, 0.3) is 0 Å². The third-order valence-corrected chi connectivity index (χ3v) is 2.40. The Balaban J connectivity index is 2.88. The number of halogens is 2. The highest BCUT2D eigenvalue weighted by molar-refractivity contribution is 6.35. The minimum Gasteiger partial charge on any atom is -0.330 e. The van der Waals surface area contributed by atoms with Gasteiger partial charge in [-0.05, 0) is 30.7 Å². The van der Waals surface area contributed by atoms with E-state index in [1.54, 1.807) is 12.1 Å². The molecule has 0 aromatic heterocycles. The zero-order valence-corrected chi connectivity index (χ0v) is 8.65. The summed E-state index contributed by atoms with van der Waals surface area (Å²) in [5, 5.41) is 1.22. The molecular formula is C9H12Cl2N2. The Labute approximate surface area is 87.8 Å². The van der Waals surface area contributed by atoms with Crippen LogP contribution in [0.4, 0.5) is 0 Å². The van der Waals surface area contributed by atoms with Crippen LogP contribution in [0.15, 0.2) is 18.2 Å². The van der Waals surface area contributed by atoms with E-state index in [4.69, 9.17) is 34.7 Å². The third-order valence-electron chi connectivity index (χ3n) is 1.84. The molecule has 1 aromatic rings. The first-order valence-corrected chi connectivity index (χ1v) is 4.81. The topological polar surface area (TPSA) is 52.0 Å². The molecule has 0 aliphatic rings. The fourth-order valence-electron chi connectivity index (χ4n) is 1.14. The number of benzene rings is 1. The van der Waals surface area contributed by atoms with Gasteiger partial charge < -0.3 is 11.5 Å². The zero-order chi connectivity index (χ0) is 9.84. The highest BCUT2D eigenvalue weighted by Gasteiger charge is 2.08. The molecule has 0 saturated heterocycles. The molecule has 13 heavy (non-hydrogen) atoms. The molecule has 72 valence electrons. The SMILES string of the molecule is NCCC(N)c1ccc(Cl)cc1Cl. The number of hydrogen-bond donors (Lipinski definition) is 2. The Morgan fingerprint density at radius 3 is 2.54 bits per heavy atom. The summed E-state index contributed by atoms with van der Waals surface area (Å²) in [4.78, 5) is 0. The van der Waals surface area contributed by atoms with Crippen LogP contribution in [0.5, 0.6) is 0 Å². The lowest BCUT2D eigenvalue weighted by Crippen LogP contribution is -2.15. The summed E-state index contributed by atoms with van der Waals surface area (Å²) < 4.78 is 0. The first-order valence-electron chi connectivity index (χ1n) is 4.05. The van der Waals surface area contributed by atoms with E-state index in [1.807, 2.05) is 6.07 Å². The second kappa shape index (κ2) is 4.82. The fraction of sp³-hybridized carbons (Fsp3) is 0.333. The van der Waals surface area contributed by atoms with Crippen LogP contribution >= 0.6 is 23.2 Å². The molecule has 0 saturated carbocycles. The van der Waals surface area contributed by atoms with Gasteiger partial charge in [-0.1, -0.05) is 29.3 Å². The molecular weight excluding hydrogens is 207 g/mol. The van der Waals surface area contributed by atoms with E-state index in [-0.39, 0.29) is 6.04 Å². The number of rotatable bonds is 3. The summed E-state index contributed by atoms with van der Waals surface area (Å²) in [5.74, 6) is 0. The van der Waals surface area contributed by atoms with Gasteiger partial charge in [0.1, 0.15) is 0 Å². The highest BCUT2D eigenvalue weighted by atomic mass is 35.5. The fourth-order valence-corrected chi connectivity index (χ4v) is 1.69. The molecule has 2 nitrogen and oxygen atoms in total. The third kappa shape index (κ3) is 2.85. The van der Waals surface area contributed by atoms with Gasteiger partial charge in [-0.15, -0.1) is 0 Å². The van der Waals surface area contributed by atoms with E-state index in [0.717, 1.165) is 12.0 Å². The monoisotopic (exact) mass is 218 g/mol. The molecule has 1 atom stereocenters. The van der Waals surface area contributed by atoms with Gasteiger partial charge in [0.15, 0.2) is 0 Å². The number of nitrogens with two attached hydrogens (primary N) is 2. The smallest absolute Gasteiger partial charge is 0.0468 e. The minimum atomic E-state index is -0.102. The Hall–Kier alpha value is -0.280. The lowest BCUT2D eigenvalue weighted by Gasteiger charge is -2.12. The first kappa shape index (κ1) is 10.8. The molecule has 0 fully saturated rings. The second-order valence-corrected chi connectivity index (χ2v) is 3.69. The van der Waals surface area contributed by atoms with Crippen LogP contribution < -0.4 is 11.5 Å². The zero-order valence-electron chi connectivity index (χ0n) is 7.13. The van der Waals surface area contributed by atoms with Crippen molar-refractivity contribution in [2.45, 2.75) is 12.5 Å². The van der Waals surface area contributed by atoms with Crippen LogP contribution in [0.1, 0.15) is 18.0 Å². The molecule has 0 radical (unpaired) electrons. The average Bonchev–Trinajstić information content (AvgIpc) is 2.04.